The largest absolute Gasteiger partial charge is 0.370 e. The second kappa shape index (κ2) is 8.11. The molecule has 1 fully saturated rings. The van der Waals surface area contributed by atoms with Crippen LogP contribution in [0.4, 0.5) is 5.69 Å². The molecule has 1 aliphatic rings. The topological polar surface area (TPSA) is 31.0 Å². The molecular weight excluding hydrogens is 330 g/mol. The van der Waals surface area contributed by atoms with Crippen molar-refractivity contribution in [3.63, 3.8) is 0 Å². The summed E-state index contributed by atoms with van der Waals surface area (Å²) in [5.41, 5.74) is 2.23. The van der Waals surface area contributed by atoms with Crippen molar-refractivity contribution in [2.24, 2.45) is 4.99 Å². The predicted molar refractivity (Wildman–Crippen MR) is 94.7 cm³/mol. The molecule has 6 heteroatoms. The lowest BCUT2D eigenvalue weighted by Gasteiger charge is -2.23. The van der Waals surface area contributed by atoms with Gasteiger partial charge in [0.1, 0.15) is 13.1 Å². The number of halogens is 1. The second-order valence-electron chi connectivity index (χ2n) is 5.87. The Labute approximate surface area is 146 Å². The number of morpholine rings is 1. The van der Waals surface area contributed by atoms with E-state index in [0.29, 0.717) is 0 Å². The van der Waals surface area contributed by atoms with Crippen molar-refractivity contribution >= 4 is 28.6 Å². The van der Waals surface area contributed by atoms with E-state index in [1.807, 2.05) is 24.3 Å². The number of aromatic nitrogens is 1. The van der Waals surface area contributed by atoms with Gasteiger partial charge in [-0.25, -0.2) is 4.99 Å². The Kier molecular flexibility index (Phi) is 5.89. The van der Waals surface area contributed by atoms with E-state index in [4.69, 9.17) is 21.3 Å². The van der Waals surface area contributed by atoms with E-state index < -0.39 is 0 Å². The molecule has 4 nitrogen and oxygen atoms in total. The molecular formula is C17H23ClN3OS+. The Bertz CT molecular complexity index is 687. The van der Waals surface area contributed by atoms with Crippen LogP contribution in [0.25, 0.3) is 0 Å². The van der Waals surface area contributed by atoms with Gasteiger partial charge in [0.05, 0.1) is 25.4 Å². The van der Waals surface area contributed by atoms with E-state index in [2.05, 4.69) is 16.9 Å². The maximum atomic E-state index is 5.94. The molecule has 0 amide bonds. The van der Waals surface area contributed by atoms with Crippen LogP contribution < -0.4 is 9.70 Å². The zero-order chi connectivity index (χ0) is 16.1. The summed E-state index contributed by atoms with van der Waals surface area (Å²) >= 11 is 7.63. The van der Waals surface area contributed by atoms with Crippen LogP contribution in [0, 0.1) is 6.92 Å². The highest BCUT2D eigenvalue weighted by atomic mass is 35.5. The van der Waals surface area contributed by atoms with Gasteiger partial charge in [-0.1, -0.05) is 11.6 Å². The average molecular weight is 353 g/mol. The van der Waals surface area contributed by atoms with Crippen LogP contribution in [0.3, 0.4) is 0 Å². The first-order valence-corrected chi connectivity index (χ1v) is 9.35. The van der Waals surface area contributed by atoms with Crippen LogP contribution in [-0.4, -0.2) is 37.4 Å². The lowest BCUT2D eigenvalue weighted by atomic mass is 10.3. The zero-order valence-electron chi connectivity index (χ0n) is 13.4. The first kappa shape index (κ1) is 16.7. The first-order chi connectivity index (χ1) is 11.2. The summed E-state index contributed by atoms with van der Waals surface area (Å²) in [4.78, 5) is 7.48. The van der Waals surface area contributed by atoms with Crippen molar-refractivity contribution in [2.45, 2.75) is 19.9 Å². The van der Waals surface area contributed by atoms with Crippen LogP contribution in [0.5, 0.6) is 0 Å². The zero-order valence-corrected chi connectivity index (χ0v) is 15.0. The van der Waals surface area contributed by atoms with Gasteiger partial charge in [-0.2, -0.15) is 0 Å². The van der Waals surface area contributed by atoms with E-state index in [1.165, 1.54) is 18.7 Å². The van der Waals surface area contributed by atoms with Crippen molar-refractivity contribution in [3.05, 3.63) is 45.2 Å². The number of hydrogen-bond acceptors (Lipinski definition) is 3. The first-order valence-electron chi connectivity index (χ1n) is 8.09. The molecule has 0 atom stereocenters. The molecule has 0 unspecified atom stereocenters. The van der Waals surface area contributed by atoms with Crippen LogP contribution in [0.15, 0.2) is 34.6 Å². The molecule has 1 aromatic heterocycles. The van der Waals surface area contributed by atoms with Crippen LogP contribution >= 0.6 is 22.9 Å². The molecule has 124 valence electrons. The quantitative estimate of drug-likeness (QED) is 0.877. The molecule has 1 saturated heterocycles. The highest BCUT2D eigenvalue weighted by Gasteiger charge is 2.13. The lowest BCUT2D eigenvalue weighted by molar-refractivity contribution is -0.908. The van der Waals surface area contributed by atoms with Gasteiger partial charge in [0.25, 0.3) is 0 Å². The normalized spacial score (nSPS) is 16.9. The third kappa shape index (κ3) is 4.67. The van der Waals surface area contributed by atoms with Gasteiger partial charge in [0.2, 0.25) is 0 Å². The number of hydrogen-bond donors (Lipinski definition) is 1. The summed E-state index contributed by atoms with van der Waals surface area (Å²) in [6, 6.07) is 7.68. The minimum Gasteiger partial charge on any atom is -0.370 e. The summed E-state index contributed by atoms with van der Waals surface area (Å²) in [6.07, 6.45) is 1.17. The molecule has 0 bridgehead atoms. The SMILES string of the molecule is Cc1csc(=Nc2ccc(Cl)cc2)n1CCC[NH+]1CCOCC1. The highest BCUT2D eigenvalue weighted by molar-refractivity contribution is 7.07. The third-order valence-electron chi connectivity index (χ3n) is 4.15. The fourth-order valence-corrected chi connectivity index (χ4v) is 3.85. The monoisotopic (exact) mass is 352 g/mol. The van der Waals surface area contributed by atoms with E-state index >= 15 is 0 Å². The molecule has 1 N–H and O–H groups in total. The van der Waals surface area contributed by atoms with E-state index in [0.717, 1.165) is 48.4 Å². The Morgan fingerprint density at radius 1 is 1.26 bits per heavy atom. The molecule has 0 aliphatic carbocycles. The Morgan fingerprint density at radius 2 is 2.00 bits per heavy atom. The number of quaternary nitrogens is 1. The van der Waals surface area contributed by atoms with Crippen molar-refractivity contribution in [1.82, 2.24) is 4.57 Å². The van der Waals surface area contributed by atoms with E-state index in [-0.39, 0.29) is 0 Å². The summed E-state index contributed by atoms with van der Waals surface area (Å²) < 4.78 is 7.73. The number of thiazole rings is 1. The Balaban J connectivity index is 1.67. The number of ether oxygens (including phenoxy) is 1. The van der Waals surface area contributed by atoms with Crippen molar-refractivity contribution in [2.75, 3.05) is 32.8 Å². The highest BCUT2D eigenvalue weighted by Crippen LogP contribution is 2.16. The molecule has 1 aliphatic heterocycles. The smallest absolute Gasteiger partial charge is 0.190 e. The van der Waals surface area contributed by atoms with Gasteiger partial charge >= 0.3 is 0 Å². The molecule has 1 aromatic carbocycles. The van der Waals surface area contributed by atoms with Crippen LogP contribution in [0.1, 0.15) is 12.1 Å². The van der Waals surface area contributed by atoms with Gasteiger partial charge in [-0.15, -0.1) is 11.3 Å². The van der Waals surface area contributed by atoms with Gasteiger partial charge in [-0.05, 0) is 31.2 Å². The van der Waals surface area contributed by atoms with Crippen LogP contribution in [0.2, 0.25) is 5.02 Å². The van der Waals surface area contributed by atoms with Gasteiger partial charge in [0.15, 0.2) is 4.80 Å². The number of nitrogens with one attached hydrogen (secondary N) is 1. The van der Waals surface area contributed by atoms with Crippen molar-refractivity contribution in [3.8, 4) is 0 Å². The summed E-state index contributed by atoms with van der Waals surface area (Å²) in [5, 5.41) is 2.92. The molecule has 2 aromatic rings. The van der Waals surface area contributed by atoms with Crippen molar-refractivity contribution < 1.29 is 9.64 Å². The van der Waals surface area contributed by atoms with Crippen molar-refractivity contribution in [1.29, 1.82) is 0 Å². The van der Waals surface area contributed by atoms with E-state index in [1.54, 1.807) is 16.2 Å². The molecule has 0 radical (unpaired) electrons. The average Bonchev–Trinajstić information content (AvgIpc) is 2.91. The molecule has 0 saturated carbocycles. The van der Waals surface area contributed by atoms with Gasteiger partial charge in [-0.3, -0.25) is 0 Å². The predicted octanol–water partition coefficient (Wildman–Crippen LogP) is 2.05. The number of rotatable bonds is 5. The molecule has 2 heterocycles. The molecule has 3 rings (SSSR count). The third-order valence-corrected chi connectivity index (χ3v) is 5.39. The Hall–Kier alpha value is -1.14. The maximum Gasteiger partial charge on any atom is 0.190 e. The fourth-order valence-electron chi connectivity index (χ4n) is 2.80. The standard InChI is InChI=1S/C17H22ClN3OS/c1-14-13-23-17(19-16-5-3-15(18)4-6-16)21(14)8-2-7-20-9-11-22-12-10-20/h3-6,13H,2,7-12H2,1H3/p+1. The molecule has 0 spiro atoms. The second-order valence-corrected chi connectivity index (χ2v) is 7.14. The Morgan fingerprint density at radius 3 is 2.74 bits per heavy atom. The van der Waals surface area contributed by atoms with Gasteiger partial charge in [0, 0.05) is 29.1 Å². The maximum absolute atomic E-state index is 5.94. The number of aryl methyl sites for hydroxylation is 1. The lowest BCUT2D eigenvalue weighted by Crippen LogP contribution is -3.14. The van der Waals surface area contributed by atoms with Gasteiger partial charge < -0.3 is 14.2 Å². The molecule has 23 heavy (non-hydrogen) atoms. The summed E-state index contributed by atoms with van der Waals surface area (Å²) in [6.45, 7) is 8.44. The number of nitrogens with zero attached hydrogens (tertiary/aromatic N) is 2. The summed E-state index contributed by atoms with van der Waals surface area (Å²) in [5.74, 6) is 0. The van der Waals surface area contributed by atoms with E-state index in [9.17, 15) is 0 Å². The minimum atomic E-state index is 0.743. The fraction of sp³-hybridized carbons (Fsp3) is 0.471. The number of benzene rings is 1. The van der Waals surface area contributed by atoms with Crippen LogP contribution in [-0.2, 0) is 11.3 Å². The summed E-state index contributed by atoms with van der Waals surface area (Å²) in [7, 11) is 0. The minimum absolute atomic E-state index is 0.743.